The number of anilines is 1. The topological polar surface area (TPSA) is 51.2 Å². The monoisotopic (exact) mass is 462 g/mol. The van der Waals surface area contributed by atoms with Crippen molar-refractivity contribution in [3.8, 4) is 27.3 Å². The van der Waals surface area contributed by atoms with Gasteiger partial charge in [0.1, 0.15) is 5.75 Å². The van der Waals surface area contributed by atoms with Gasteiger partial charge in [-0.2, -0.15) is 0 Å². The Morgan fingerprint density at radius 1 is 1.00 bits per heavy atom. The van der Waals surface area contributed by atoms with Crippen LogP contribution >= 0.6 is 22.9 Å². The van der Waals surface area contributed by atoms with E-state index in [1.54, 1.807) is 41.7 Å². The second-order valence-corrected chi connectivity index (χ2v) is 9.72. The third-order valence-corrected chi connectivity index (χ3v) is 6.17. The Morgan fingerprint density at radius 2 is 1.78 bits per heavy atom. The number of hydrogen-bond donors (Lipinski definition) is 1. The number of halogens is 1. The van der Waals surface area contributed by atoms with E-state index in [0.29, 0.717) is 16.5 Å². The number of nitrogens with one attached hydrogen (secondary N) is 1. The van der Waals surface area contributed by atoms with Crippen molar-refractivity contribution in [2.24, 2.45) is 0 Å². The van der Waals surface area contributed by atoms with Gasteiger partial charge in [-0.25, -0.2) is 4.79 Å². The van der Waals surface area contributed by atoms with E-state index in [4.69, 9.17) is 16.3 Å². The first-order valence-corrected chi connectivity index (χ1v) is 11.4. The van der Waals surface area contributed by atoms with Crippen LogP contribution in [0.1, 0.15) is 26.5 Å². The van der Waals surface area contributed by atoms with Gasteiger partial charge in [-0.1, -0.05) is 50.6 Å². The zero-order valence-corrected chi connectivity index (χ0v) is 19.6. The third kappa shape index (κ3) is 5.18. The number of nitrogens with zero attached hydrogens (tertiary/aromatic N) is 1. The summed E-state index contributed by atoms with van der Waals surface area (Å²) in [5.41, 5.74) is 4.78. The van der Waals surface area contributed by atoms with Gasteiger partial charge in [0.25, 0.3) is 0 Å². The number of aromatic nitrogens is 1. The fourth-order valence-corrected chi connectivity index (χ4v) is 4.48. The van der Waals surface area contributed by atoms with Gasteiger partial charge < -0.3 is 4.74 Å². The lowest BCUT2D eigenvalue weighted by Gasteiger charge is -2.18. The van der Waals surface area contributed by atoms with Crippen LogP contribution in [0, 0.1) is 0 Å². The summed E-state index contributed by atoms with van der Waals surface area (Å²) in [5.74, 6) is 0.476. The third-order valence-electron chi connectivity index (χ3n) is 4.90. The molecule has 0 radical (unpaired) electrons. The lowest BCUT2D eigenvalue weighted by Crippen LogP contribution is -2.16. The molecule has 32 heavy (non-hydrogen) atoms. The van der Waals surface area contributed by atoms with E-state index in [0.717, 1.165) is 27.3 Å². The fourth-order valence-electron chi connectivity index (χ4n) is 3.18. The molecule has 0 fully saturated rings. The number of pyridine rings is 1. The largest absolute Gasteiger partial charge is 0.417 e. The minimum atomic E-state index is -0.564. The van der Waals surface area contributed by atoms with E-state index < -0.39 is 6.09 Å². The van der Waals surface area contributed by atoms with Gasteiger partial charge >= 0.3 is 6.09 Å². The maximum atomic E-state index is 12.1. The summed E-state index contributed by atoms with van der Waals surface area (Å²) in [6.45, 7) is 6.47. The summed E-state index contributed by atoms with van der Waals surface area (Å²) >= 11 is 8.18. The van der Waals surface area contributed by atoms with Crippen molar-refractivity contribution in [2.45, 2.75) is 26.2 Å². The molecule has 0 aliphatic rings. The Kier molecular flexibility index (Phi) is 6.31. The zero-order chi connectivity index (χ0) is 22.7. The molecule has 4 nitrogen and oxygen atoms in total. The molecule has 0 spiro atoms. The van der Waals surface area contributed by atoms with Crippen LogP contribution in [-0.2, 0) is 5.41 Å². The Labute approximate surface area is 196 Å². The highest BCUT2D eigenvalue weighted by Crippen LogP contribution is 2.38. The van der Waals surface area contributed by atoms with Crippen molar-refractivity contribution in [2.75, 3.05) is 5.32 Å². The summed E-state index contributed by atoms with van der Waals surface area (Å²) in [6, 6.07) is 20.6. The number of benzene rings is 2. The summed E-state index contributed by atoms with van der Waals surface area (Å²) in [5, 5.41) is 5.39. The highest BCUT2D eigenvalue weighted by atomic mass is 35.5. The molecule has 0 atom stereocenters. The van der Waals surface area contributed by atoms with E-state index in [1.807, 2.05) is 30.5 Å². The molecular formula is C26H23ClN2O2S. The first-order valence-electron chi connectivity index (χ1n) is 10.2. The maximum Gasteiger partial charge on any atom is 0.417 e. The molecule has 4 rings (SSSR count). The first-order chi connectivity index (χ1) is 15.3. The van der Waals surface area contributed by atoms with Gasteiger partial charge in [0.2, 0.25) is 0 Å². The average molecular weight is 463 g/mol. The van der Waals surface area contributed by atoms with Crippen LogP contribution in [0.2, 0.25) is 5.02 Å². The van der Waals surface area contributed by atoms with Crippen LogP contribution in [0.3, 0.4) is 0 Å². The van der Waals surface area contributed by atoms with E-state index >= 15 is 0 Å². The smallest absolute Gasteiger partial charge is 0.410 e. The van der Waals surface area contributed by atoms with E-state index in [2.05, 4.69) is 48.6 Å². The Balaban J connectivity index is 1.51. The molecule has 0 aliphatic heterocycles. The van der Waals surface area contributed by atoms with E-state index in [1.165, 1.54) is 0 Å². The molecule has 6 heteroatoms. The minimum absolute atomic E-state index is 0.0112. The fraction of sp³-hybridized carbons (Fsp3) is 0.154. The molecule has 1 N–H and O–H groups in total. The Hall–Kier alpha value is -3.15. The maximum absolute atomic E-state index is 12.1. The van der Waals surface area contributed by atoms with Crippen LogP contribution in [0.25, 0.3) is 21.6 Å². The Morgan fingerprint density at radius 3 is 2.50 bits per heavy atom. The summed E-state index contributed by atoms with van der Waals surface area (Å²) in [4.78, 5) is 17.7. The molecular weight excluding hydrogens is 440 g/mol. The predicted octanol–water partition coefficient (Wildman–Crippen LogP) is 8.04. The van der Waals surface area contributed by atoms with Crippen LogP contribution < -0.4 is 10.1 Å². The number of rotatable bonds is 4. The van der Waals surface area contributed by atoms with Crippen molar-refractivity contribution in [1.29, 1.82) is 0 Å². The number of thiophene rings is 1. The summed E-state index contributed by atoms with van der Waals surface area (Å²) in [6.07, 6.45) is 1.29. The average Bonchev–Trinajstić information content (AvgIpc) is 3.24. The number of carbonyl (C=O) groups is 1. The van der Waals surface area contributed by atoms with Gasteiger partial charge in [0.15, 0.2) is 0 Å². The molecule has 2 heterocycles. The molecule has 1 amide bonds. The molecule has 2 aromatic carbocycles. The molecule has 0 saturated carbocycles. The quantitative estimate of drug-likeness (QED) is 0.334. The summed E-state index contributed by atoms with van der Waals surface area (Å²) < 4.78 is 5.26. The number of ether oxygens (including phenoxy) is 1. The number of amides is 1. The van der Waals surface area contributed by atoms with Crippen LogP contribution in [-0.4, -0.2) is 11.1 Å². The van der Waals surface area contributed by atoms with Gasteiger partial charge in [-0.3, -0.25) is 10.3 Å². The van der Waals surface area contributed by atoms with Gasteiger partial charge in [0.05, 0.1) is 5.02 Å². The van der Waals surface area contributed by atoms with Crippen molar-refractivity contribution >= 4 is 34.7 Å². The highest BCUT2D eigenvalue weighted by Gasteiger charge is 2.17. The van der Waals surface area contributed by atoms with Crippen LogP contribution in [0.4, 0.5) is 10.5 Å². The highest BCUT2D eigenvalue weighted by molar-refractivity contribution is 7.14. The molecule has 0 aliphatic carbocycles. The second kappa shape index (κ2) is 9.15. The van der Waals surface area contributed by atoms with Crippen molar-refractivity contribution in [3.63, 3.8) is 0 Å². The van der Waals surface area contributed by atoms with Crippen molar-refractivity contribution in [1.82, 2.24) is 4.98 Å². The van der Waals surface area contributed by atoms with Gasteiger partial charge in [-0.05, 0) is 65.0 Å². The molecule has 4 aromatic rings. The number of para-hydroxylation sites is 1. The van der Waals surface area contributed by atoms with E-state index in [-0.39, 0.29) is 5.41 Å². The first kappa shape index (κ1) is 22.1. The van der Waals surface area contributed by atoms with Crippen molar-refractivity contribution < 1.29 is 9.53 Å². The summed E-state index contributed by atoms with van der Waals surface area (Å²) in [7, 11) is 0. The van der Waals surface area contributed by atoms with Crippen LogP contribution in [0.15, 0.2) is 78.3 Å². The molecule has 0 saturated heterocycles. The molecule has 162 valence electrons. The molecule has 0 bridgehead atoms. The second-order valence-electron chi connectivity index (χ2n) is 8.40. The van der Waals surface area contributed by atoms with Crippen molar-refractivity contribution in [3.05, 3.63) is 89.0 Å². The zero-order valence-electron chi connectivity index (χ0n) is 18.1. The molecule has 0 unspecified atom stereocenters. The molecule has 2 aromatic heterocycles. The van der Waals surface area contributed by atoms with E-state index in [9.17, 15) is 4.79 Å². The van der Waals surface area contributed by atoms with Crippen LogP contribution in [0.5, 0.6) is 5.75 Å². The Bertz CT molecular complexity index is 1250. The number of carbonyl (C=O) groups excluding carboxylic acids is 1. The number of hydrogen-bond acceptors (Lipinski definition) is 4. The van der Waals surface area contributed by atoms with Gasteiger partial charge in [0, 0.05) is 33.4 Å². The SMILES string of the molecule is CC(C)(C)c1cc(-c2csc(-c3ccc(NC(=O)Oc4ccccc4)cc3Cl)c2)ccn1. The lowest BCUT2D eigenvalue weighted by molar-refractivity contribution is 0.215. The normalized spacial score (nSPS) is 11.2. The minimum Gasteiger partial charge on any atom is -0.410 e. The standard InChI is InChI=1S/C26H23ClN2O2S/c1-26(2,3)24-14-17(11-12-28-24)18-13-23(32-16-18)21-10-9-19(15-22(21)27)29-25(30)31-20-7-5-4-6-8-20/h4-16H,1-3H3,(H,29,30). The predicted molar refractivity (Wildman–Crippen MR) is 133 cm³/mol. The lowest BCUT2D eigenvalue weighted by atomic mass is 9.90. The van der Waals surface area contributed by atoms with Gasteiger partial charge in [-0.15, -0.1) is 11.3 Å².